The Bertz CT molecular complexity index is 1080. The topological polar surface area (TPSA) is 92.8 Å². The number of rotatable bonds is 7. The first-order valence-electron chi connectivity index (χ1n) is 10.3. The number of amides is 1. The standard InChI is InChI=1S/C23H25ClN2O5S/c1-2-31-22(27)14-7-17-5-10-20(11-6-17)25-23(28)18-4-3-15-26(16-18)32(29,30)21-12-8-19(24)9-13-21/h5-14,18H,2-4,15-16H2,1H3,(H,25,28)/b14-7+. The number of benzene rings is 2. The second-order valence-electron chi connectivity index (χ2n) is 7.35. The number of carbonyl (C=O) groups is 2. The molecule has 0 saturated carbocycles. The smallest absolute Gasteiger partial charge is 0.330 e. The molecule has 7 nitrogen and oxygen atoms in total. The van der Waals surface area contributed by atoms with Crippen molar-refractivity contribution in [1.29, 1.82) is 0 Å². The largest absolute Gasteiger partial charge is 0.463 e. The van der Waals surface area contributed by atoms with Crippen molar-refractivity contribution in [3.8, 4) is 0 Å². The van der Waals surface area contributed by atoms with Crippen molar-refractivity contribution in [1.82, 2.24) is 4.31 Å². The molecule has 2 aromatic carbocycles. The molecule has 170 valence electrons. The van der Waals surface area contributed by atoms with Crippen molar-refractivity contribution in [2.24, 2.45) is 5.92 Å². The van der Waals surface area contributed by atoms with Crippen molar-refractivity contribution in [2.75, 3.05) is 25.0 Å². The van der Waals surface area contributed by atoms with Gasteiger partial charge < -0.3 is 10.1 Å². The summed E-state index contributed by atoms with van der Waals surface area (Å²) in [6.07, 6.45) is 4.18. The van der Waals surface area contributed by atoms with Crippen LogP contribution < -0.4 is 5.32 Å². The molecule has 0 bridgehead atoms. The van der Waals surface area contributed by atoms with Crippen molar-refractivity contribution in [3.63, 3.8) is 0 Å². The van der Waals surface area contributed by atoms with E-state index in [1.807, 2.05) is 0 Å². The Labute approximate surface area is 193 Å². The summed E-state index contributed by atoms with van der Waals surface area (Å²) in [5, 5.41) is 3.31. The lowest BCUT2D eigenvalue weighted by molar-refractivity contribution is -0.137. The summed E-state index contributed by atoms with van der Waals surface area (Å²) in [5.41, 5.74) is 1.38. The van der Waals surface area contributed by atoms with Crippen LogP contribution in [0.2, 0.25) is 5.02 Å². The van der Waals surface area contributed by atoms with E-state index in [0.29, 0.717) is 36.7 Å². The van der Waals surface area contributed by atoms with Gasteiger partial charge in [-0.3, -0.25) is 4.79 Å². The molecule has 2 aromatic rings. The molecule has 0 aliphatic carbocycles. The van der Waals surface area contributed by atoms with Crippen LogP contribution in [0.15, 0.2) is 59.5 Å². The summed E-state index contributed by atoms with van der Waals surface area (Å²) in [4.78, 5) is 24.3. The molecule has 9 heteroatoms. The van der Waals surface area contributed by atoms with Gasteiger partial charge in [-0.05, 0) is 67.8 Å². The number of hydrogen-bond acceptors (Lipinski definition) is 5. The van der Waals surface area contributed by atoms with Crippen LogP contribution in [0.4, 0.5) is 5.69 Å². The van der Waals surface area contributed by atoms with E-state index in [2.05, 4.69) is 5.32 Å². The molecular weight excluding hydrogens is 452 g/mol. The van der Waals surface area contributed by atoms with E-state index in [0.717, 1.165) is 5.56 Å². The average molecular weight is 477 g/mol. The number of sulfonamides is 1. The highest BCUT2D eigenvalue weighted by molar-refractivity contribution is 7.89. The van der Waals surface area contributed by atoms with Gasteiger partial charge in [0.25, 0.3) is 0 Å². The van der Waals surface area contributed by atoms with Gasteiger partial charge in [0.2, 0.25) is 15.9 Å². The van der Waals surface area contributed by atoms with Crippen molar-refractivity contribution in [2.45, 2.75) is 24.7 Å². The predicted molar refractivity (Wildman–Crippen MR) is 124 cm³/mol. The molecule has 3 rings (SSSR count). The van der Waals surface area contributed by atoms with Gasteiger partial charge in [-0.15, -0.1) is 0 Å². The van der Waals surface area contributed by atoms with Crippen LogP contribution in [0, 0.1) is 5.92 Å². The first kappa shape index (κ1) is 24.0. The second-order valence-corrected chi connectivity index (χ2v) is 9.73. The number of halogens is 1. The van der Waals surface area contributed by atoms with E-state index in [1.165, 1.54) is 34.6 Å². The normalized spacial score (nSPS) is 17.2. The zero-order valence-electron chi connectivity index (χ0n) is 17.7. The Balaban J connectivity index is 1.61. The maximum atomic E-state index is 12.9. The van der Waals surface area contributed by atoms with Gasteiger partial charge in [-0.25, -0.2) is 13.2 Å². The maximum absolute atomic E-state index is 12.9. The van der Waals surface area contributed by atoms with Crippen LogP contribution in [-0.4, -0.2) is 44.3 Å². The van der Waals surface area contributed by atoms with Gasteiger partial charge in [0.15, 0.2) is 0 Å². The lowest BCUT2D eigenvalue weighted by atomic mass is 9.98. The Morgan fingerprint density at radius 1 is 1.16 bits per heavy atom. The fourth-order valence-corrected chi connectivity index (χ4v) is 5.06. The Kier molecular flexibility index (Phi) is 8.06. The molecule has 1 atom stereocenters. The molecule has 1 saturated heterocycles. The summed E-state index contributed by atoms with van der Waals surface area (Å²) in [6.45, 7) is 2.54. The van der Waals surface area contributed by atoms with Crippen LogP contribution in [0.5, 0.6) is 0 Å². The number of piperidine rings is 1. The molecule has 1 amide bonds. The zero-order valence-corrected chi connectivity index (χ0v) is 19.2. The third-order valence-corrected chi connectivity index (χ3v) is 7.21. The van der Waals surface area contributed by atoms with Gasteiger partial charge in [0.05, 0.1) is 17.4 Å². The van der Waals surface area contributed by atoms with Gasteiger partial charge in [-0.1, -0.05) is 23.7 Å². The van der Waals surface area contributed by atoms with Crippen LogP contribution in [-0.2, 0) is 24.3 Å². The first-order valence-corrected chi connectivity index (χ1v) is 12.1. The van der Waals surface area contributed by atoms with E-state index in [9.17, 15) is 18.0 Å². The fourth-order valence-electron chi connectivity index (χ4n) is 3.41. The molecule has 0 aromatic heterocycles. The molecule has 1 aliphatic rings. The minimum Gasteiger partial charge on any atom is -0.463 e. The summed E-state index contributed by atoms with van der Waals surface area (Å²) in [6, 6.07) is 13.0. The van der Waals surface area contributed by atoms with E-state index >= 15 is 0 Å². The SMILES string of the molecule is CCOC(=O)/C=C/c1ccc(NC(=O)C2CCCN(S(=O)(=O)c3ccc(Cl)cc3)C2)cc1. The highest BCUT2D eigenvalue weighted by Gasteiger charge is 2.33. The molecule has 1 fully saturated rings. The predicted octanol–water partition coefficient (Wildman–Crippen LogP) is 3.96. The molecule has 1 unspecified atom stereocenters. The maximum Gasteiger partial charge on any atom is 0.330 e. The summed E-state index contributed by atoms with van der Waals surface area (Å²) in [7, 11) is -3.69. The third-order valence-electron chi connectivity index (χ3n) is 5.08. The van der Waals surface area contributed by atoms with Crippen molar-refractivity contribution in [3.05, 3.63) is 65.2 Å². The van der Waals surface area contributed by atoms with E-state index in [-0.39, 0.29) is 17.3 Å². The minimum absolute atomic E-state index is 0.122. The van der Waals surface area contributed by atoms with Crippen LogP contribution >= 0.6 is 11.6 Å². The van der Waals surface area contributed by atoms with Crippen LogP contribution in [0.1, 0.15) is 25.3 Å². The lowest BCUT2D eigenvalue weighted by Crippen LogP contribution is -2.43. The van der Waals surface area contributed by atoms with Crippen molar-refractivity contribution >= 4 is 45.3 Å². The molecule has 1 aliphatic heterocycles. The van der Waals surface area contributed by atoms with Gasteiger partial charge >= 0.3 is 5.97 Å². The molecule has 32 heavy (non-hydrogen) atoms. The average Bonchev–Trinajstić information content (AvgIpc) is 2.79. The summed E-state index contributed by atoms with van der Waals surface area (Å²) >= 11 is 5.86. The molecule has 1 heterocycles. The van der Waals surface area contributed by atoms with E-state index in [4.69, 9.17) is 16.3 Å². The number of anilines is 1. The Morgan fingerprint density at radius 2 is 1.84 bits per heavy atom. The quantitative estimate of drug-likeness (QED) is 0.482. The van der Waals surface area contributed by atoms with E-state index < -0.39 is 21.9 Å². The lowest BCUT2D eigenvalue weighted by Gasteiger charge is -2.31. The number of carbonyl (C=O) groups excluding carboxylic acids is 2. The third kappa shape index (κ3) is 6.18. The fraction of sp³-hybridized carbons (Fsp3) is 0.304. The molecular formula is C23H25ClN2O5S. The Hall–Kier alpha value is -2.68. The molecule has 1 N–H and O–H groups in total. The monoisotopic (exact) mass is 476 g/mol. The summed E-state index contributed by atoms with van der Waals surface area (Å²) < 4.78 is 32.0. The van der Waals surface area contributed by atoms with E-state index in [1.54, 1.807) is 37.3 Å². The highest BCUT2D eigenvalue weighted by Crippen LogP contribution is 2.25. The van der Waals surface area contributed by atoms with Gasteiger partial charge in [0, 0.05) is 29.9 Å². The zero-order chi connectivity index (χ0) is 23.1. The minimum atomic E-state index is -3.69. The van der Waals surface area contributed by atoms with Crippen LogP contribution in [0.25, 0.3) is 6.08 Å². The van der Waals surface area contributed by atoms with Gasteiger partial charge in [0.1, 0.15) is 0 Å². The number of nitrogens with zero attached hydrogens (tertiary/aromatic N) is 1. The van der Waals surface area contributed by atoms with Gasteiger partial charge in [-0.2, -0.15) is 4.31 Å². The summed E-state index contributed by atoms with van der Waals surface area (Å²) in [5.74, 6) is -1.09. The molecule has 0 spiro atoms. The second kappa shape index (κ2) is 10.8. The van der Waals surface area contributed by atoms with Crippen molar-refractivity contribution < 1.29 is 22.7 Å². The Morgan fingerprint density at radius 3 is 2.50 bits per heavy atom. The number of esters is 1. The number of nitrogens with one attached hydrogen (secondary N) is 1. The number of hydrogen-bond donors (Lipinski definition) is 1. The van der Waals surface area contributed by atoms with Crippen LogP contribution in [0.3, 0.4) is 0 Å². The molecule has 0 radical (unpaired) electrons. The first-order chi connectivity index (χ1) is 15.3. The highest BCUT2D eigenvalue weighted by atomic mass is 35.5. The number of ether oxygens (including phenoxy) is 1.